The van der Waals surface area contributed by atoms with Crippen LogP contribution in [-0.4, -0.2) is 15.8 Å². The smallest absolute Gasteiger partial charge is 0.322 e. The fourth-order valence-corrected chi connectivity index (χ4v) is 4.19. The lowest BCUT2D eigenvalue weighted by Crippen LogP contribution is -2.15. The normalized spacial score (nSPS) is 11.5. The van der Waals surface area contributed by atoms with Gasteiger partial charge in [0.1, 0.15) is 10.6 Å². The van der Waals surface area contributed by atoms with Crippen LogP contribution < -0.4 is 5.32 Å². The standard InChI is InChI=1S/C22H14F3N3O3S/c1-12-2-8-17-19(10-12)32-21(27-17)13-3-6-15(7-4-13)26-20(29)14-5-9-18(28(30)31)16(11-14)22(23,24)25/h2-11H,1H3,(H,26,29). The number of nitro benzene ring substituents is 1. The quantitative estimate of drug-likeness (QED) is 0.282. The van der Waals surface area contributed by atoms with E-state index in [1.54, 1.807) is 24.3 Å². The summed E-state index contributed by atoms with van der Waals surface area (Å²) in [5, 5.41) is 14.2. The highest BCUT2D eigenvalue weighted by Gasteiger charge is 2.38. The Balaban J connectivity index is 1.55. The zero-order chi connectivity index (χ0) is 23.0. The molecular weight excluding hydrogens is 443 g/mol. The molecule has 32 heavy (non-hydrogen) atoms. The number of aryl methyl sites for hydroxylation is 1. The van der Waals surface area contributed by atoms with Gasteiger partial charge in [0.2, 0.25) is 0 Å². The van der Waals surface area contributed by atoms with Crippen LogP contribution >= 0.6 is 11.3 Å². The summed E-state index contributed by atoms with van der Waals surface area (Å²) in [6, 6.07) is 14.8. The molecule has 4 rings (SSSR count). The lowest BCUT2D eigenvalue weighted by atomic mass is 10.1. The summed E-state index contributed by atoms with van der Waals surface area (Å²) in [4.78, 5) is 26.7. The van der Waals surface area contributed by atoms with Crippen molar-refractivity contribution in [1.29, 1.82) is 0 Å². The number of nitrogens with zero attached hydrogens (tertiary/aromatic N) is 2. The number of halogens is 3. The highest BCUT2D eigenvalue weighted by atomic mass is 32.1. The molecule has 0 aliphatic carbocycles. The van der Waals surface area contributed by atoms with Crippen LogP contribution in [0.4, 0.5) is 24.5 Å². The second-order valence-corrected chi connectivity index (χ2v) is 8.04. The second-order valence-electron chi connectivity index (χ2n) is 7.01. The van der Waals surface area contributed by atoms with Crippen LogP contribution in [0.25, 0.3) is 20.8 Å². The van der Waals surface area contributed by atoms with Gasteiger partial charge >= 0.3 is 6.18 Å². The molecule has 1 aromatic heterocycles. The second kappa shape index (κ2) is 8.04. The molecule has 0 aliphatic heterocycles. The molecule has 0 saturated carbocycles. The third-order valence-electron chi connectivity index (χ3n) is 4.69. The monoisotopic (exact) mass is 457 g/mol. The Kier molecular flexibility index (Phi) is 5.39. The zero-order valence-corrected chi connectivity index (χ0v) is 17.3. The number of hydrogen-bond acceptors (Lipinski definition) is 5. The van der Waals surface area contributed by atoms with E-state index in [1.165, 1.54) is 11.3 Å². The number of amides is 1. The van der Waals surface area contributed by atoms with E-state index < -0.39 is 28.3 Å². The van der Waals surface area contributed by atoms with Crippen molar-refractivity contribution in [3.63, 3.8) is 0 Å². The highest BCUT2D eigenvalue weighted by Crippen LogP contribution is 2.37. The number of thiazole rings is 1. The number of fused-ring (bicyclic) bond motifs is 1. The van der Waals surface area contributed by atoms with Gasteiger partial charge in [-0.25, -0.2) is 4.98 Å². The lowest BCUT2D eigenvalue weighted by Gasteiger charge is -2.10. The molecular formula is C22H14F3N3O3S. The number of nitro groups is 1. The van der Waals surface area contributed by atoms with Gasteiger partial charge in [-0.05, 0) is 61.0 Å². The van der Waals surface area contributed by atoms with Gasteiger partial charge in [0.05, 0.1) is 15.1 Å². The molecule has 10 heteroatoms. The number of nitrogens with one attached hydrogen (secondary N) is 1. The molecule has 0 atom stereocenters. The van der Waals surface area contributed by atoms with Gasteiger partial charge < -0.3 is 5.32 Å². The van der Waals surface area contributed by atoms with Crippen molar-refractivity contribution in [3.8, 4) is 10.6 Å². The number of rotatable bonds is 4. The molecule has 0 unspecified atom stereocenters. The Hall–Kier alpha value is -3.79. The third-order valence-corrected chi connectivity index (χ3v) is 5.76. The SMILES string of the molecule is Cc1ccc2nc(-c3ccc(NC(=O)c4ccc([N+](=O)[O-])c(C(F)(F)F)c4)cc3)sc2c1. The van der Waals surface area contributed by atoms with Crippen molar-refractivity contribution < 1.29 is 22.9 Å². The Labute approximate surface area is 183 Å². The molecule has 162 valence electrons. The number of carbonyl (C=O) groups is 1. The van der Waals surface area contributed by atoms with E-state index in [9.17, 15) is 28.1 Å². The van der Waals surface area contributed by atoms with Crippen molar-refractivity contribution in [1.82, 2.24) is 4.98 Å². The maximum Gasteiger partial charge on any atom is 0.423 e. The molecule has 0 aliphatic rings. The van der Waals surface area contributed by atoms with Crippen LogP contribution in [0.15, 0.2) is 60.7 Å². The first kappa shape index (κ1) is 21.4. The topological polar surface area (TPSA) is 85.1 Å². The average Bonchev–Trinajstić information content (AvgIpc) is 3.16. The highest BCUT2D eigenvalue weighted by molar-refractivity contribution is 7.21. The van der Waals surface area contributed by atoms with E-state index in [1.807, 2.05) is 25.1 Å². The van der Waals surface area contributed by atoms with E-state index in [0.717, 1.165) is 32.4 Å². The number of alkyl halides is 3. The molecule has 0 saturated heterocycles. The van der Waals surface area contributed by atoms with Crippen LogP contribution in [0.1, 0.15) is 21.5 Å². The summed E-state index contributed by atoms with van der Waals surface area (Å²) >= 11 is 1.53. The summed E-state index contributed by atoms with van der Waals surface area (Å²) < 4.78 is 40.5. The molecule has 0 bridgehead atoms. The Morgan fingerprint density at radius 1 is 1.06 bits per heavy atom. The molecule has 0 radical (unpaired) electrons. The van der Waals surface area contributed by atoms with Crippen molar-refractivity contribution in [2.75, 3.05) is 5.32 Å². The van der Waals surface area contributed by atoms with Crippen molar-refractivity contribution >= 4 is 38.8 Å². The van der Waals surface area contributed by atoms with Crippen molar-refractivity contribution in [2.24, 2.45) is 0 Å². The van der Waals surface area contributed by atoms with Gasteiger partial charge in [-0.15, -0.1) is 11.3 Å². The van der Waals surface area contributed by atoms with Gasteiger partial charge in [0.15, 0.2) is 0 Å². The first-order valence-electron chi connectivity index (χ1n) is 9.26. The predicted molar refractivity (Wildman–Crippen MR) is 116 cm³/mol. The number of hydrogen-bond donors (Lipinski definition) is 1. The molecule has 3 aromatic carbocycles. The fourth-order valence-electron chi connectivity index (χ4n) is 3.12. The molecule has 0 spiro atoms. The first-order chi connectivity index (χ1) is 15.1. The minimum Gasteiger partial charge on any atom is -0.322 e. The van der Waals surface area contributed by atoms with E-state index in [-0.39, 0.29) is 5.56 Å². The predicted octanol–water partition coefficient (Wildman–Crippen LogP) is 6.45. The summed E-state index contributed by atoms with van der Waals surface area (Å²) in [5.74, 6) is -0.811. The van der Waals surface area contributed by atoms with Gasteiger partial charge in [-0.1, -0.05) is 6.07 Å². The number of anilines is 1. The molecule has 1 amide bonds. The molecule has 1 heterocycles. The fraction of sp³-hybridized carbons (Fsp3) is 0.0909. The Morgan fingerprint density at radius 2 is 1.78 bits per heavy atom. The van der Waals surface area contributed by atoms with Crippen molar-refractivity contribution in [3.05, 3.63) is 87.5 Å². The summed E-state index contributed by atoms with van der Waals surface area (Å²) in [6.45, 7) is 2.00. The van der Waals surface area contributed by atoms with E-state index in [2.05, 4.69) is 10.3 Å². The van der Waals surface area contributed by atoms with Crippen LogP contribution in [0, 0.1) is 17.0 Å². The van der Waals surface area contributed by atoms with Crippen molar-refractivity contribution in [2.45, 2.75) is 13.1 Å². The van der Waals surface area contributed by atoms with Crippen LogP contribution in [0.3, 0.4) is 0 Å². The first-order valence-corrected chi connectivity index (χ1v) is 10.1. The van der Waals surface area contributed by atoms with Gasteiger partial charge in [-0.2, -0.15) is 13.2 Å². The summed E-state index contributed by atoms with van der Waals surface area (Å²) in [6.07, 6.45) is -4.96. The Bertz CT molecular complexity index is 1350. The number of carbonyl (C=O) groups excluding carboxylic acids is 1. The largest absolute Gasteiger partial charge is 0.423 e. The van der Waals surface area contributed by atoms with Gasteiger partial charge in [-0.3, -0.25) is 14.9 Å². The van der Waals surface area contributed by atoms with E-state index in [0.29, 0.717) is 17.8 Å². The van der Waals surface area contributed by atoms with E-state index in [4.69, 9.17) is 0 Å². The lowest BCUT2D eigenvalue weighted by molar-refractivity contribution is -0.388. The third kappa shape index (κ3) is 4.30. The maximum atomic E-state index is 13.1. The molecule has 6 nitrogen and oxygen atoms in total. The summed E-state index contributed by atoms with van der Waals surface area (Å²) in [7, 11) is 0. The minimum absolute atomic E-state index is 0.339. The average molecular weight is 457 g/mol. The van der Waals surface area contributed by atoms with Crippen LogP contribution in [-0.2, 0) is 6.18 Å². The zero-order valence-electron chi connectivity index (χ0n) is 16.4. The molecule has 4 aromatic rings. The number of benzene rings is 3. The van der Waals surface area contributed by atoms with E-state index >= 15 is 0 Å². The Morgan fingerprint density at radius 3 is 2.44 bits per heavy atom. The number of aromatic nitrogens is 1. The maximum absolute atomic E-state index is 13.1. The molecule has 0 fully saturated rings. The van der Waals surface area contributed by atoms with Gasteiger partial charge in [0.25, 0.3) is 11.6 Å². The van der Waals surface area contributed by atoms with Crippen LogP contribution in [0.2, 0.25) is 0 Å². The molecule has 1 N–H and O–H groups in total. The van der Waals surface area contributed by atoms with Crippen LogP contribution in [0.5, 0.6) is 0 Å². The minimum atomic E-state index is -4.96. The van der Waals surface area contributed by atoms with Gasteiger partial charge in [0, 0.05) is 22.9 Å². The summed E-state index contributed by atoms with van der Waals surface area (Å²) in [5.41, 5.74) is 0.283.